The summed E-state index contributed by atoms with van der Waals surface area (Å²) >= 11 is 0. The molecule has 3 aromatic rings. The van der Waals surface area contributed by atoms with Gasteiger partial charge < -0.3 is 0 Å². The highest BCUT2D eigenvalue weighted by Gasteiger charge is 2.20. The van der Waals surface area contributed by atoms with Gasteiger partial charge in [-0.1, -0.05) is 17.3 Å². The van der Waals surface area contributed by atoms with Crippen molar-refractivity contribution < 1.29 is 14.1 Å². The predicted molar refractivity (Wildman–Crippen MR) is 70.3 cm³/mol. The number of nitro groups is 1. The van der Waals surface area contributed by atoms with E-state index < -0.39 is 22.2 Å². The summed E-state index contributed by atoms with van der Waals surface area (Å²) in [4.78, 5) is 22.3. The SMILES string of the molecule is O=C(c1cc([N+](=O)[O-])ccc1F)n1nnc2ccccc21. The number of non-ortho nitro benzene ring substituents is 1. The average molecular weight is 286 g/mol. The van der Waals surface area contributed by atoms with Crippen LogP contribution in [0, 0.1) is 15.9 Å². The van der Waals surface area contributed by atoms with Crippen molar-refractivity contribution in [3.8, 4) is 0 Å². The van der Waals surface area contributed by atoms with E-state index >= 15 is 0 Å². The number of rotatable bonds is 2. The Kier molecular flexibility index (Phi) is 2.90. The lowest BCUT2D eigenvalue weighted by atomic mass is 10.1. The van der Waals surface area contributed by atoms with E-state index in [0.29, 0.717) is 11.0 Å². The largest absolute Gasteiger partial charge is 0.283 e. The second kappa shape index (κ2) is 4.75. The number of benzene rings is 2. The third kappa shape index (κ3) is 2.12. The molecule has 0 bridgehead atoms. The predicted octanol–water partition coefficient (Wildman–Crippen LogP) is 2.17. The van der Waals surface area contributed by atoms with Crippen molar-refractivity contribution in [1.29, 1.82) is 0 Å². The molecule has 0 aliphatic heterocycles. The summed E-state index contributed by atoms with van der Waals surface area (Å²) in [5.74, 6) is -1.67. The highest BCUT2D eigenvalue weighted by molar-refractivity contribution is 6.00. The molecule has 0 saturated carbocycles. The van der Waals surface area contributed by atoms with E-state index in [-0.39, 0.29) is 5.69 Å². The first-order valence-electron chi connectivity index (χ1n) is 5.87. The zero-order valence-corrected chi connectivity index (χ0v) is 10.4. The molecule has 104 valence electrons. The molecule has 0 amide bonds. The molecular weight excluding hydrogens is 279 g/mol. The maximum absolute atomic E-state index is 13.8. The van der Waals surface area contributed by atoms with Gasteiger partial charge in [-0.2, -0.15) is 4.68 Å². The molecule has 1 heterocycles. The summed E-state index contributed by atoms with van der Waals surface area (Å²) in [6.45, 7) is 0. The number of para-hydroxylation sites is 1. The number of nitrogens with zero attached hydrogens (tertiary/aromatic N) is 4. The van der Waals surface area contributed by atoms with E-state index in [9.17, 15) is 19.3 Å². The van der Waals surface area contributed by atoms with E-state index in [4.69, 9.17) is 0 Å². The number of nitro benzene ring substituents is 1. The molecule has 0 saturated heterocycles. The number of hydrogen-bond donors (Lipinski definition) is 0. The molecule has 0 fully saturated rings. The molecule has 0 aliphatic rings. The third-order valence-electron chi connectivity index (χ3n) is 2.94. The Morgan fingerprint density at radius 1 is 1.24 bits per heavy atom. The summed E-state index contributed by atoms with van der Waals surface area (Å²) in [7, 11) is 0. The molecular formula is C13H7FN4O3. The number of carbonyl (C=O) groups excluding carboxylic acids is 1. The highest BCUT2D eigenvalue weighted by Crippen LogP contribution is 2.19. The fourth-order valence-electron chi connectivity index (χ4n) is 1.92. The van der Waals surface area contributed by atoms with Crippen molar-refractivity contribution in [3.63, 3.8) is 0 Å². The molecule has 0 radical (unpaired) electrons. The van der Waals surface area contributed by atoms with Crippen LogP contribution in [0.5, 0.6) is 0 Å². The fraction of sp³-hybridized carbons (Fsp3) is 0. The Bertz CT molecular complexity index is 875. The maximum atomic E-state index is 13.8. The first kappa shape index (κ1) is 12.9. The van der Waals surface area contributed by atoms with Crippen molar-refractivity contribution in [2.45, 2.75) is 0 Å². The Labute approximate surface area is 116 Å². The number of hydrogen-bond acceptors (Lipinski definition) is 5. The van der Waals surface area contributed by atoms with Gasteiger partial charge in [-0.15, -0.1) is 5.10 Å². The number of fused-ring (bicyclic) bond motifs is 1. The quantitative estimate of drug-likeness (QED) is 0.532. The van der Waals surface area contributed by atoms with Gasteiger partial charge in [-0.05, 0) is 18.2 Å². The highest BCUT2D eigenvalue weighted by atomic mass is 19.1. The topological polar surface area (TPSA) is 90.9 Å². The van der Waals surface area contributed by atoms with Crippen molar-refractivity contribution in [3.05, 3.63) is 64.0 Å². The third-order valence-corrected chi connectivity index (χ3v) is 2.94. The van der Waals surface area contributed by atoms with Gasteiger partial charge in [0, 0.05) is 12.1 Å². The van der Waals surface area contributed by atoms with Crippen molar-refractivity contribution in [2.24, 2.45) is 0 Å². The first-order valence-corrected chi connectivity index (χ1v) is 5.87. The fourth-order valence-corrected chi connectivity index (χ4v) is 1.92. The van der Waals surface area contributed by atoms with E-state index in [0.717, 1.165) is 22.9 Å². The van der Waals surface area contributed by atoms with Gasteiger partial charge in [0.05, 0.1) is 16.0 Å². The molecule has 7 nitrogen and oxygen atoms in total. The standard InChI is InChI=1S/C13H7FN4O3/c14-10-6-5-8(18(20)21)7-9(10)13(19)17-12-4-2-1-3-11(12)15-16-17/h1-7H. The lowest BCUT2D eigenvalue weighted by Crippen LogP contribution is -2.15. The summed E-state index contributed by atoms with van der Waals surface area (Å²) in [6.07, 6.45) is 0. The van der Waals surface area contributed by atoms with Gasteiger partial charge in [0.2, 0.25) is 0 Å². The first-order chi connectivity index (χ1) is 10.1. The monoisotopic (exact) mass is 286 g/mol. The van der Waals surface area contributed by atoms with Crippen LogP contribution in [0.3, 0.4) is 0 Å². The molecule has 0 aliphatic carbocycles. The maximum Gasteiger partial charge on any atom is 0.283 e. The normalized spacial score (nSPS) is 10.7. The summed E-state index contributed by atoms with van der Waals surface area (Å²) in [6, 6.07) is 9.40. The second-order valence-corrected chi connectivity index (χ2v) is 4.22. The smallest absolute Gasteiger partial charge is 0.267 e. The van der Waals surface area contributed by atoms with Crippen LogP contribution >= 0.6 is 0 Å². The molecule has 0 unspecified atom stereocenters. The average Bonchev–Trinajstić information content (AvgIpc) is 2.90. The van der Waals surface area contributed by atoms with Crippen LogP contribution in [0.25, 0.3) is 11.0 Å². The van der Waals surface area contributed by atoms with Crippen molar-refractivity contribution in [2.75, 3.05) is 0 Å². The molecule has 8 heteroatoms. The van der Waals surface area contributed by atoms with Crippen LogP contribution in [0.1, 0.15) is 10.4 Å². The lowest BCUT2D eigenvalue weighted by Gasteiger charge is -2.03. The van der Waals surface area contributed by atoms with E-state index in [1.165, 1.54) is 0 Å². The molecule has 0 N–H and O–H groups in total. The Balaban J connectivity index is 2.14. The molecule has 0 atom stereocenters. The summed E-state index contributed by atoms with van der Waals surface area (Å²) < 4.78 is 14.7. The minimum atomic E-state index is -0.856. The Morgan fingerprint density at radius 2 is 2.00 bits per heavy atom. The van der Waals surface area contributed by atoms with Gasteiger partial charge in [-0.3, -0.25) is 14.9 Å². The molecule has 0 spiro atoms. The Hall–Kier alpha value is -3.16. The van der Waals surface area contributed by atoms with Gasteiger partial charge in [0.25, 0.3) is 11.6 Å². The zero-order chi connectivity index (χ0) is 15.0. The van der Waals surface area contributed by atoms with Crippen molar-refractivity contribution >= 4 is 22.6 Å². The molecule has 2 aromatic carbocycles. The van der Waals surface area contributed by atoms with Crippen LogP contribution in [-0.4, -0.2) is 25.8 Å². The summed E-state index contributed by atoms with van der Waals surface area (Å²) in [5.41, 5.74) is 0.0640. The van der Waals surface area contributed by atoms with Crippen LogP contribution < -0.4 is 0 Å². The second-order valence-electron chi connectivity index (χ2n) is 4.22. The number of carbonyl (C=O) groups is 1. The van der Waals surface area contributed by atoms with Gasteiger partial charge in [0.1, 0.15) is 11.3 Å². The number of aromatic nitrogens is 3. The zero-order valence-electron chi connectivity index (χ0n) is 10.4. The van der Waals surface area contributed by atoms with Gasteiger partial charge in [-0.25, -0.2) is 4.39 Å². The summed E-state index contributed by atoms with van der Waals surface area (Å²) in [5, 5.41) is 18.2. The van der Waals surface area contributed by atoms with Gasteiger partial charge >= 0.3 is 0 Å². The molecule has 21 heavy (non-hydrogen) atoms. The minimum Gasteiger partial charge on any atom is -0.267 e. The minimum absolute atomic E-state index is 0.371. The lowest BCUT2D eigenvalue weighted by molar-refractivity contribution is -0.384. The van der Waals surface area contributed by atoms with Crippen LogP contribution in [0.15, 0.2) is 42.5 Å². The van der Waals surface area contributed by atoms with Crippen LogP contribution in [0.2, 0.25) is 0 Å². The number of halogens is 1. The van der Waals surface area contributed by atoms with Crippen molar-refractivity contribution in [1.82, 2.24) is 15.0 Å². The Morgan fingerprint density at radius 3 is 2.76 bits per heavy atom. The van der Waals surface area contributed by atoms with E-state index in [1.54, 1.807) is 24.3 Å². The molecule has 1 aromatic heterocycles. The van der Waals surface area contributed by atoms with E-state index in [1.807, 2.05) is 0 Å². The van der Waals surface area contributed by atoms with Crippen LogP contribution in [-0.2, 0) is 0 Å². The van der Waals surface area contributed by atoms with Gasteiger partial charge in [0.15, 0.2) is 0 Å². The van der Waals surface area contributed by atoms with E-state index in [2.05, 4.69) is 10.3 Å². The molecule has 3 rings (SSSR count). The van der Waals surface area contributed by atoms with Crippen LogP contribution in [0.4, 0.5) is 10.1 Å².